The van der Waals surface area contributed by atoms with E-state index in [2.05, 4.69) is 18.7 Å². The monoisotopic (exact) mass is 422 g/mol. The molecule has 0 aliphatic carbocycles. The Morgan fingerprint density at radius 2 is 1.69 bits per heavy atom. The van der Waals surface area contributed by atoms with Gasteiger partial charge in [0.1, 0.15) is 0 Å². The van der Waals surface area contributed by atoms with Crippen LogP contribution in [0.3, 0.4) is 0 Å². The zero-order valence-electron chi connectivity index (χ0n) is 18.0. The van der Waals surface area contributed by atoms with Crippen molar-refractivity contribution in [3.63, 3.8) is 0 Å². The van der Waals surface area contributed by atoms with E-state index in [4.69, 9.17) is 4.74 Å². The lowest BCUT2D eigenvalue weighted by Crippen LogP contribution is -2.48. The van der Waals surface area contributed by atoms with Gasteiger partial charge in [-0.05, 0) is 58.6 Å². The number of amides is 1. The van der Waals surface area contributed by atoms with Gasteiger partial charge < -0.3 is 9.64 Å². The smallest absolute Gasteiger partial charge is 0.255 e. The van der Waals surface area contributed by atoms with Crippen molar-refractivity contribution >= 4 is 15.7 Å². The zero-order chi connectivity index (χ0) is 21.2. The Bertz CT molecular complexity index is 806. The average molecular weight is 423 g/mol. The van der Waals surface area contributed by atoms with E-state index in [9.17, 15) is 13.2 Å². The Morgan fingerprint density at radius 1 is 1.10 bits per heavy atom. The molecule has 2 aliphatic heterocycles. The Kier molecular flexibility index (Phi) is 7.02. The average Bonchev–Trinajstić information content (AvgIpc) is 2.67. The van der Waals surface area contributed by atoms with E-state index in [-0.39, 0.29) is 23.0 Å². The highest BCUT2D eigenvalue weighted by molar-refractivity contribution is 7.92. The van der Waals surface area contributed by atoms with Crippen LogP contribution in [-0.2, 0) is 14.6 Å². The van der Waals surface area contributed by atoms with Crippen LogP contribution in [0.25, 0.3) is 0 Å². The molecule has 0 bridgehead atoms. The van der Waals surface area contributed by atoms with Crippen LogP contribution >= 0.6 is 0 Å². The predicted octanol–water partition coefficient (Wildman–Crippen LogP) is 2.83. The summed E-state index contributed by atoms with van der Waals surface area (Å²) in [7, 11) is -3.50. The van der Waals surface area contributed by atoms with Crippen LogP contribution in [0, 0.1) is 5.92 Å². The molecule has 7 heteroatoms. The van der Waals surface area contributed by atoms with E-state index in [0.717, 1.165) is 32.5 Å². The Morgan fingerprint density at radius 3 is 2.28 bits per heavy atom. The number of hydrogen-bond acceptors (Lipinski definition) is 5. The number of carbonyl (C=O) groups excluding carboxylic acids is 1. The van der Waals surface area contributed by atoms with Crippen LogP contribution in [0.1, 0.15) is 50.9 Å². The molecule has 29 heavy (non-hydrogen) atoms. The van der Waals surface area contributed by atoms with Crippen molar-refractivity contribution < 1.29 is 17.9 Å². The third-order valence-corrected chi connectivity index (χ3v) is 8.17. The molecule has 1 aromatic rings. The number of likely N-dealkylation sites (tertiary alicyclic amines) is 1. The summed E-state index contributed by atoms with van der Waals surface area (Å²) < 4.78 is 31.2. The minimum absolute atomic E-state index is 0.151. The lowest BCUT2D eigenvalue weighted by atomic mass is 9.95. The predicted molar refractivity (Wildman–Crippen MR) is 114 cm³/mol. The number of carbonyl (C=O) groups is 1. The summed E-state index contributed by atoms with van der Waals surface area (Å²) in [5.74, 6) is 0.392. The molecule has 0 radical (unpaired) electrons. The van der Waals surface area contributed by atoms with E-state index in [1.807, 2.05) is 4.90 Å². The molecule has 1 amide bonds. The third kappa shape index (κ3) is 5.19. The molecule has 1 aromatic carbocycles. The van der Waals surface area contributed by atoms with Gasteiger partial charge in [-0.25, -0.2) is 8.42 Å². The van der Waals surface area contributed by atoms with Crippen LogP contribution < -0.4 is 0 Å². The fourth-order valence-corrected chi connectivity index (χ4v) is 5.67. The summed E-state index contributed by atoms with van der Waals surface area (Å²) in [5, 5.41) is -0.555. The van der Waals surface area contributed by atoms with Gasteiger partial charge in [0.25, 0.3) is 5.91 Å². The molecule has 2 aliphatic rings. The molecule has 162 valence electrons. The zero-order valence-corrected chi connectivity index (χ0v) is 18.8. The van der Waals surface area contributed by atoms with Gasteiger partial charge in [-0.2, -0.15) is 0 Å². The second kappa shape index (κ2) is 9.14. The highest BCUT2D eigenvalue weighted by Crippen LogP contribution is 2.25. The SMILES string of the molecule is CC1CN(CC2CCN(C(=O)c3ccccc3S(=O)(=O)C(C)C)CC2)CC(C)O1. The number of rotatable bonds is 5. The van der Waals surface area contributed by atoms with Crippen LogP contribution in [0.15, 0.2) is 29.2 Å². The minimum atomic E-state index is -3.50. The van der Waals surface area contributed by atoms with Crippen LogP contribution in [0.5, 0.6) is 0 Å². The van der Waals surface area contributed by atoms with E-state index < -0.39 is 15.1 Å². The lowest BCUT2D eigenvalue weighted by Gasteiger charge is -2.39. The van der Waals surface area contributed by atoms with Crippen molar-refractivity contribution in [2.24, 2.45) is 5.92 Å². The van der Waals surface area contributed by atoms with E-state index in [1.165, 1.54) is 0 Å². The van der Waals surface area contributed by atoms with Crippen molar-refractivity contribution in [3.8, 4) is 0 Å². The number of hydrogen-bond donors (Lipinski definition) is 0. The number of benzene rings is 1. The molecule has 0 N–H and O–H groups in total. The van der Waals surface area contributed by atoms with Crippen LogP contribution in [0.2, 0.25) is 0 Å². The molecular formula is C22H34N2O4S. The first-order chi connectivity index (χ1) is 13.7. The van der Waals surface area contributed by atoms with Crippen molar-refractivity contribution in [1.29, 1.82) is 0 Å². The first-order valence-electron chi connectivity index (χ1n) is 10.7. The molecule has 6 nitrogen and oxygen atoms in total. The van der Waals surface area contributed by atoms with Gasteiger partial charge >= 0.3 is 0 Å². The second-order valence-corrected chi connectivity index (χ2v) is 11.3. The normalized spacial score (nSPS) is 24.8. The molecular weight excluding hydrogens is 388 g/mol. The summed E-state index contributed by atoms with van der Waals surface area (Å²) in [6, 6.07) is 6.61. The number of sulfone groups is 1. The number of piperidine rings is 1. The first-order valence-corrected chi connectivity index (χ1v) is 12.2. The molecule has 0 aromatic heterocycles. The Labute approximate surface area is 175 Å². The maximum atomic E-state index is 13.1. The second-order valence-electron chi connectivity index (χ2n) is 8.80. The number of morpholine rings is 1. The molecule has 2 unspecified atom stereocenters. The van der Waals surface area contributed by atoms with Crippen molar-refractivity contribution in [2.45, 2.75) is 62.9 Å². The van der Waals surface area contributed by atoms with Gasteiger partial charge in [-0.3, -0.25) is 9.69 Å². The molecule has 0 spiro atoms. The topological polar surface area (TPSA) is 66.9 Å². The fraction of sp³-hybridized carbons (Fsp3) is 0.682. The van der Waals surface area contributed by atoms with Gasteiger partial charge in [-0.1, -0.05) is 12.1 Å². The maximum absolute atomic E-state index is 13.1. The largest absolute Gasteiger partial charge is 0.373 e. The van der Waals surface area contributed by atoms with Crippen molar-refractivity contribution in [1.82, 2.24) is 9.80 Å². The standard InChI is InChI=1S/C22H34N2O4S/c1-16(2)29(26,27)21-8-6-5-7-20(21)22(25)24-11-9-19(10-12-24)15-23-13-17(3)28-18(4)14-23/h5-8,16-19H,9-15H2,1-4H3. The summed E-state index contributed by atoms with van der Waals surface area (Å²) in [6.45, 7) is 11.8. The summed E-state index contributed by atoms with van der Waals surface area (Å²) in [6.07, 6.45) is 2.43. The van der Waals surface area contributed by atoms with Crippen molar-refractivity contribution in [2.75, 3.05) is 32.7 Å². The van der Waals surface area contributed by atoms with E-state index >= 15 is 0 Å². The first kappa shape index (κ1) is 22.2. The Balaban J connectivity index is 1.63. The summed E-state index contributed by atoms with van der Waals surface area (Å²) in [4.78, 5) is 17.6. The van der Waals surface area contributed by atoms with Crippen LogP contribution in [-0.4, -0.2) is 74.3 Å². The number of nitrogens with zero attached hydrogens (tertiary/aromatic N) is 2. The van der Waals surface area contributed by atoms with Gasteiger partial charge in [0, 0.05) is 32.7 Å². The quantitative estimate of drug-likeness (QED) is 0.730. The Hall–Kier alpha value is -1.44. The molecule has 2 heterocycles. The van der Waals surface area contributed by atoms with E-state index in [1.54, 1.807) is 38.1 Å². The molecule has 2 atom stereocenters. The van der Waals surface area contributed by atoms with Gasteiger partial charge in [0.2, 0.25) is 0 Å². The minimum Gasteiger partial charge on any atom is -0.373 e. The molecule has 2 saturated heterocycles. The fourth-order valence-electron chi connectivity index (χ4n) is 4.43. The highest BCUT2D eigenvalue weighted by atomic mass is 32.2. The van der Waals surface area contributed by atoms with Gasteiger partial charge in [0.15, 0.2) is 9.84 Å². The molecule has 3 rings (SSSR count). The maximum Gasteiger partial charge on any atom is 0.255 e. The summed E-state index contributed by atoms with van der Waals surface area (Å²) >= 11 is 0. The number of ether oxygens (including phenoxy) is 1. The summed E-state index contributed by atoms with van der Waals surface area (Å²) in [5.41, 5.74) is 0.301. The lowest BCUT2D eigenvalue weighted by molar-refractivity contribution is -0.0728. The van der Waals surface area contributed by atoms with Gasteiger partial charge in [0.05, 0.1) is 27.9 Å². The van der Waals surface area contributed by atoms with Crippen LogP contribution in [0.4, 0.5) is 0 Å². The highest BCUT2D eigenvalue weighted by Gasteiger charge is 2.31. The van der Waals surface area contributed by atoms with E-state index in [0.29, 0.717) is 24.6 Å². The molecule has 2 fully saturated rings. The van der Waals surface area contributed by atoms with Gasteiger partial charge in [-0.15, -0.1) is 0 Å². The molecule has 0 saturated carbocycles. The van der Waals surface area contributed by atoms with Crippen molar-refractivity contribution in [3.05, 3.63) is 29.8 Å². The third-order valence-electron chi connectivity index (χ3n) is 5.96.